The van der Waals surface area contributed by atoms with E-state index in [1.54, 1.807) is 23.4 Å². The third-order valence-electron chi connectivity index (χ3n) is 5.38. The van der Waals surface area contributed by atoms with Gasteiger partial charge in [0.05, 0.1) is 6.20 Å². The summed E-state index contributed by atoms with van der Waals surface area (Å²) < 4.78 is 10.8. The highest BCUT2D eigenvalue weighted by atomic mass is 16.6. The van der Waals surface area contributed by atoms with Gasteiger partial charge in [0.1, 0.15) is 11.3 Å². The molecule has 4 rings (SSSR count). The summed E-state index contributed by atoms with van der Waals surface area (Å²) in [5, 5.41) is 0. The summed E-state index contributed by atoms with van der Waals surface area (Å²) in [5.41, 5.74) is 0.709. The maximum absolute atomic E-state index is 13.2. The number of aromatic nitrogens is 2. The van der Waals surface area contributed by atoms with Gasteiger partial charge in [-0.3, -0.25) is 9.78 Å². The maximum Gasteiger partial charge on any atom is 0.410 e. The smallest absolute Gasteiger partial charge is 0.410 e. The zero-order valence-corrected chi connectivity index (χ0v) is 17.7. The van der Waals surface area contributed by atoms with E-state index in [0.29, 0.717) is 24.5 Å². The molecule has 1 saturated heterocycles. The Hall–Kier alpha value is -2.90. The van der Waals surface area contributed by atoms with Gasteiger partial charge in [0, 0.05) is 36.9 Å². The molecule has 0 N–H and O–H groups in total. The summed E-state index contributed by atoms with van der Waals surface area (Å²) in [5.74, 6) is 0.576. The van der Waals surface area contributed by atoms with Crippen molar-refractivity contribution in [2.24, 2.45) is 0 Å². The molecule has 1 aliphatic heterocycles. The van der Waals surface area contributed by atoms with Gasteiger partial charge in [-0.05, 0) is 58.6 Å². The van der Waals surface area contributed by atoms with Gasteiger partial charge in [0.2, 0.25) is 0 Å². The van der Waals surface area contributed by atoms with E-state index in [9.17, 15) is 9.59 Å². The van der Waals surface area contributed by atoms with Crippen LogP contribution in [0.1, 0.15) is 56.9 Å². The summed E-state index contributed by atoms with van der Waals surface area (Å²) in [6.45, 7) is 6.78. The Morgan fingerprint density at radius 3 is 2.33 bits per heavy atom. The topological polar surface area (TPSA) is 88.8 Å². The molecule has 8 heteroatoms. The first kappa shape index (κ1) is 20.4. The fourth-order valence-electron chi connectivity index (χ4n) is 3.79. The first-order chi connectivity index (χ1) is 14.3. The van der Waals surface area contributed by atoms with E-state index in [0.717, 1.165) is 31.2 Å². The zero-order chi connectivity index (χ0) is 21.3. The molecule has 1 aliphatic carbocycles. The van der Waals surface area contributed by atoms with Crippen LogP contribution in [0.5, 0.6) is 0 Å². The van der Waals surface area contributed by atoms with E-state index in [1.165, 1.54) is 6.39 Å². The monoisotopic (exact) mass is 412 g/mol. The number of carbonyl (C=O) groups is 2. The Balaban J connectivity index is 1.41. The lowest BCUT2D eigenvalue weighted by atomic mass is 10.0. The van der Waals surface area contributed by atoms with Crippen LogP contribution in [-0.4, -0.2) is 62.5 Å². The summed E-state index contributed by atoms with van der Waals surface area (Å²) in [6.07, 6.45) is 7.89. The van der Waals surface area contributed by atoms with Crippen LogP contribution in [0.25, 0.3) is 11.3 Å². The second-order valence-corrected chi connectivity index (χ2v) is 8.94. The van der Waals surface area contributed by atoms with Crippen LogP contribution in [0, 0.1) is 0 Å². The predicted octanol–water partition coefficient (Wildman–Crippen LogP) is 3.74. The van der Waals surface area contributed by atoms with Gasteiger partial charge in [-0.25, -0.2) is 9.78 Å². The molecule has 2 aliphatic rings. The molecule has 30 heavy (non-hydrogen) atoms. The summed E-state index contributed by atoms with van der Waals surface area (Å²) in [4.78, 5) is 37.6. The average Bonchev–Trinajstić information content (AvgIpc) is 3.39. The zero-order valence-electron chi connectivity index (χ0n) is 17.7. The Kier molecular flexibility index (Phi) is 5.49. The molecule has 0 radical (unpaired) electrons. The van der Waals surface area contributed by atoms with Crippen LogP contribution in [0.2, 0.25) is 0 Å². The highest BCUT2D eigenvalue weighted by Crippen LogP contribution is 2.33. The number of rotatable bonds is 4. The first-order valence-electron chi connectivity index (χ1n) is 10.5. The number of piperidine rings is 1. The molecule has 2 amide bonds. The number of likely N-dealkylation sites (tertiary alicyclic amines) is 1. The van der Waals surface area contributed by atoms with Gasteiger partial charge < -0.3 is 19.0 Å². The predicted molar refractivity (Wildman–Crippen MR) is 110 cm³/mol. The standard InChI is InChI=1S/C22H28N4O4/c1-22(2,3)30-21(28)25-10-8-17(9-11-25)26(16-5-6-16)20(27)18-7-4-15(12-24-18)19-13-23-14-29-19/h4,7,12-14,16-17H,5-6,8-11H2,1-3H3. The Bertz CT molecular complexity index is 877. The number of hydrogen-bond donors (Lipinski definition) is 0. The van der Waals surface area contributed by atoms with Crippen LogP contribution in [0.3, 0.4) is 0 Å². The first-order valence-corrected chi connectivity index (χ1v) is 10.5. The number of oxazole rings is 1. The van der Waals surface area contributed by atoms with Crippen LogP contribution in [0.15, 0.2) is 35.3 Å². The van der Waals surface area contributed by atoms with Crippen molar-refractivity contribution in [3.63, 3.8) is 0 Å². The van der Waals surface area contributed by atoms with Crippen LogP contribution < -0.4 is 0 Å². The number of pyridine rings is 1. The highest BCUT2D eigenvalue weighted by molar-refractivity contribution is 5.93. The number of amides is 2. The van der Waals surface area contributed by atoms with Gasteiger partial charge in [0.15, 0.2) is 12.2 Å². The molecule has 0 aromatic carbocycles. The lowest BCUT2D eigenvalue weighted by Crippen LogP contribution is -2.50. The lowest BCUT2D eigenvalue weighted by Gasteiger charge is -2.39. The van der Waals surface area contributed by atoms with Crippen molar-refractivity contribution in [2.75, 3.05) is 13.1 Å². The Labute approximate surface area is 176 Å². The van der Waals surface area contributed by atoms with Crippen molar-refractivity contribution in [3.05, 3.63) is 36.6 Å². The van der Waals surface area contributed by atoms with Crippen molar-refractivity contribution in [3.8, 4) is 11.3 Å². The van der Waals surface area contributed by atoms with E-state index in [2.05, 4.69) is 9.97 Å². The second kappa shape index (κ2) is 8.08. The molecule has 2 aromatic rings. The number of carbonyl (C=O) groups excluding carboxylic acids is 2. The number of ether oxygens (including phenoxy) is 1. The molecule has 0 spiro atoms. The maximum atomic E-state index is 13.2. The van der Waals surface area contributed by atoms with Crippen molar-refractivity contribution < 1.29 is 18.7 Å². The van der Waals surface area contributed by atoms with Gasteiger partial charge in [-0.1, -0.05) is 0 Å². The molecule has 0 atom stereocenters. The van der Waals surface area contributed by atoms with Gasteiger partial charge in [-0.2, -0.15) is 0 Å². The quantitative estimate of drug-likeness (QED) is 0.760. The fourth-order valence-corrected chi connectivity index (χ4v) is 3.79. The summed E-state index contributed by atoms with van der Waals surface area (Å²) in [7, 11) is 0. The minimum Gasteiger partial charge on any atom is -0.444 e. The fraction of sp³-hybridized carbons (Fsp3) is 0.545. The van der Waals surface area contributed by atoms with Crippen LogP contribution in [-0.2, 0) is 4.74 Å². The Morgan fingerprint density at radius 1 is 1.10 bits per heavy atom. The summed E-state index contributed by atoms with van der Waals surface area (Å²) in [6, 6.07) is 3.95. The lowest BCUT2D eigenvalue weighted by molar-refractivity contribution is 0.0141. The molecule has 0 unspecified atom stereocenters. The van der Waals surface area contributed by atoms with E-state index >= 15 is 0 Å². The average molecular weight is 412 g/mol. The van der Waals surface area contributed by atoms with Crippen molar-refractivity contribution in [1.29, 1.82) is 0 Å². The molecule has 160 valence electrons. The minimum atomic E-state index is -0.506. The third kappa shape index (κ3) is 4.63. The number of nitrogens with zero attached hydrogens (tertiary/aromatic N) is 4. The van der Waals surface area contributed by atoms with Crippen LogP contribution >= 0.6 is 0 Å². The number of hydrogen-bond acceptors (Lipinski definition) is 6. The molecular formula is C22H28N4O4. The molecule has 1 saturated carbocycles. The van der Waals surface area contributed by atoms with Crippen molar-refractivity contribution in [1.82, 2.24) is 19.8 Å². The largest absolute Gasteiger partial charge is 0.444 e. The normalized spacial score (nSPS) is 17.6. The highest BCUT2D eigenvalue weighted by Gasteiger charge is 2.40. The Morgan fingerprint density at radius 2 is 1.80 bits per heavy atom. The molecule has 2 aromatic heterocycles. The molecular weight excluding hydrogens is 384 g/mol. The van der Waals surface area contributed by atoms with Gasteiger partial charge >= 0.3 is 6.09 Å². The van der Waals surface area contributed by atoms with Crippen molar-refractivity contribution >= 4 is 12.0 Å². The van der Waals surface area contributed by atoms with Gasteiger partial charge in [-0.15, -0.1) is 0 Å². The van der Waals surface area contributed by atoms with E-state index in [1.807, 2.05) is 31.7 Å². The second-order valence-electron chi connectivity index (χ2n) is 8.94. The molecule has 8 nitrogen and oxygen atoms in total. The van der Waals surface area contributed by atoms with E-state index in [4.69, 9.17) is 9.15 Å². The SMILES string of the molecule is CC(C)(C)OC(=O)N1CCC(N(C(=O)c2ccc(-c3cnco3)cn2)C2CC2)CC1. The van der Waals surface area contributed by atoms with Crippen molar-refractivity contribution in [2.45, 2.75) is 64.1 Å². The van der Waals surface area contributed by atoms with E-state index < -0.39 is 5.60 Å². The van der Waals surface area contributed by atoms with Gasteiger partial charge in [0.25, 0.3) is 5.91 Å². The third-order valence-corrected chi connectivity index (χ3v) is 5.38. The molecule has 3 heterocycles. The van der Waals surface area contributed by atoms with E-state index in [-0.39, 0.29) is 24.1 Å². The summed E-state index contributed by atoms with van der Waals surface area (Å²) >= 11 is 0. The van der Waals surface area contributed by atoms with Crippen LogP contribution in [0.4, 0.5) is 4.79 Å². The molecule has 0 bridgehead atoms. The minimum absolute atomic E-state index is 0.0441. The molecule has 2 fully saturated rings.